The van der Waals surface area contributed by atoms with E-state index in [4.69, 9.17) is 22.7 Å². The third-order valence-electron chi connectivity index (χ3n) is 5.21. The van der Waals surface area contributed by atoms with Crippen LogP contribution in [0.5, 0.6) is 0 Å². The van der Waals surface area contributed by atoms with Crippen LogP contribution in [-0.2, 0) is 16.1 Å². The first-order chi connectivity index (χ1) is 13.1. The molecule has 10 heteroatoms. The van der Waals surface area contributed by atoms with Crippen molar-refractivity contribution in [2.45, 2.75) is 32.4 Å². The molecule has 146 valence electrons. The standard InChI is InChI=1S/C17H25N7O2S/c1-2-3-4-23-9-11-10-24-16(19-12(11)14(25)13(23)15(18)27)20-17(21-24)22-5-7-26-8-6-22/h13H,2-10H2,1H3,(H2,18,27)(H,19,20,21). The Morgan fingerprint density at radius 1 is 1.37 bits per heavy atom. The molecule has 4 rings (SSSR count). The van der Waals surface area contributed by atoms with Gasteiger partial charge in [0.05, 0.1) is 30.4 Å². The number of rotatable bonds is 5. The van der Waals surface area contributed by atoms with E-state index in [1.54, 1.807) is 0 Å². The maximum absolute atomic E-state index is 13.1. The Balaban J connectivity index is 1.58. The van der Waals surface area contributed by atoms with Gasteiger partial charge in [0.15, 0.2) is 0 Å². The van der Waals surface area contributed by atoms with Gasteiger partial charge in [-0.25, -0.2) is 4.68 Å². The van der Waals surface area contributed by atoms with Crippen LogP contribution < -0.4 is 16.0 Å². The highest BCUT2D eigenvalue weighted by Crippen LogP contribution is 2.29. The number of hydrogen-bond acceptors (Lipinski definition) is 8. The monoisotopic (exact) mass is 391 g/mol. The number of aromatic nitrogens is 3. The Morgan fingerprint density at radius 2 is 2.15 bits per heavy atom. The molecule has 0 amide bonds. The van der Waals surface area contributed by atoms with Gasteiger partial charge in [0.2, 0.25) is 17.7 Å². The topological polar surface area (TPSA) is 102 Å². The molecule has 1 unspecified atom stereocenters. The summed E-state index contributed by atoms with van der Waals surface area (Å²) < 4.78 is 7.22. The van der Waals surface area contributed by atoms with Gasteiger partial charge < -0.3 is 20.7 Å². The molecule has 0 aromatic carbocycles. The minimum atomic E-state index is -0.550. The normalized spacial score (nSPS) is 23.1. The molecule has 3 N–H and O–H groups in total. The lowest BCUT2D eigenvalue weighted by Crippen LogP contribution is -2.55. The average Bonchev–Trinajstić information content (AvgIpc) is 3.08. The second kappa shape index (κ2) is 7.53. The summed E-state index contributed by atoms with van der Waals surface area (Å²) in [6, 6.07) is -0.550. The summed E-state index contributed by atoms with van der Waals surface area (Å²) in [7, 11) is 0. The Bertz CT molecular complexity index is 784. The van der Waals surface area contributed by atoms with E-state index in [0.29, 0.717) is 43.9 Å². The fourth-order valence-corrected chi connectivity index (χ4v) is 4.03. The van der Waals surface area contributed by atoms with Gasteiger partial charge in [0.1, 0.15) is 6.04 Å². The third kappa shape index (κ3) is 3.44. The van der Waals surface area contributed by atoms with Crippen molar-refractivity contribution in [3.05, 3.63) is 11.3 Å². The van der Waals surface area contributed by atoms with Crippen molar-refractivity contribution in [1.82, 2.24) is 19.7 Å². The Morgan fingerprint density at radius 3 is 2.85 bits per heavy atom. The smallest absolute Gasteiger partial charge is 0.246 e. The number of carbonyl (C=O) groups excluding carboxylic acids is 1. The molecule has 1 fully saturated rings. The van der Waals surface area contributed by atoms with Crippen molar-refractivity contribution < 1.29 is 9.53 Å². The van der Waals surface area contributed by atoms with E-state index < -0.39 is 6.04 Å². The van der Waals surface area contributed by atoms with Crippen molar-refractivity contribution in [2.24, 2.45) is 5.73 Å². The van der Waals surface area contributed by atoms with Gasteiger partial charge >= 0.3 is 0 Å². The van der Waals surface area contributed by atoms with Gasteiger partial charge in [-0.1, -0.05) is 25.6 Å². The van der Waals surface area contributed by atoms with Gasteiger partial charge in [-0.05, 0) is 18.5 Å². The largest absolute Gasteiger partial charge is 0.392 e. The number of ketones is 1. The van der Waals surface area contributed by atoms with Gasteiger partial charge in [0.25, 0.3) is 0 Å². The fraction of sp³-hybridized carbons (Fsp3) is 0.647. The molecule has 0 spiro atoms. The molecule has 0 bridgehead atoms. The number of Topliss-reactive ketones (excluding diaryl/α,β-unsaturated/α-hetero) is 1. The molecule has 3 aliphatic heterocycles. The zero-order valence-corrected chi connectivity index (χ0v) is 16.3. The SMILES string of the molecule is CCCCN1CC2=C(Nc3nc(N4CCOCC4)nn3C2)C(=O)C1C(N)=S. The summed E-state index contributed by atoms with van der Waals surface area (Å²) in [6.45, 7) is 7.01. The Labute approximate surface area is 163 Å². The van der Waals surface area contributed by atoms with E-state index in [9.17, 15) is 4.79 Å². The summed E-state index contributed by atoms with van der Waals surface area (Å²) in [6.07, 6.45) is 2.05. The summed E-state index contributed by atoms with van der Waals surface area (Å²) in [5.74, 6) is 1.19. The lowest BCUT2D eigenvalue weighted by molar-refractivity contribution is -0.119. The lowest BCUT2D eigenvalue weighted by Gasteiger charge is -2.37. The predicted octanol–water partition coefficient (Wildman–Crippen LogP) is 0.134. The number of ether oxygens (including phenoxy) is 1. The Kier molecular flexibility index (Phi) is 5.11. The molecular formula is C17H25N7O2S. The number of carbonyl (C=O) groups is 1. The second-order valence-corrected chi connectivity index (χ2v) is 7.56. The second-order valence-electron chi connectivity index (χ2n) is 7.09. The molecule has 27 heavy (non-hydrogen) atoms. The molecule has 0 saturated carbocycles. The fourth-order valence-electron chi connectivity index (χ4n) is 3.77. The first-order valence-corrected chi connectivity index (χ1v) is 9.83. The number of unbranched alkanes of at least 4 members (excludes halogenated alkanes) is 1. The highest BCUT2D eigenvalue weighted by atomic mass is 32.1. The van der Waals surface area contributed by atoms with Crippen LogP contribution in [-0.4, -0.2) is 75.9 Å². The van der Waals surface area contributed by atoms with Crippen LogP contribution >= 0.6 is 12.2 Å². The maximum Gasteiger partial charge on any atom is 0.246 e. The van der Waals surface area contributed by atoms with Crippen molar-refractivity contribution in [1.29, 1.82) is 0 Å². The molecular weight excluding hydrogens is 366 g/mol. The van der Waals surface area contributed by atoms with E-state index in [0.717, 1.165) is 38.0 Å². The minimum absolute atomic E-state index is 0.0676. The zero-order chi connectivity index (χ0) is 19.0. The number of nitrogens with one attached hydrogen (secondary N) is 1. The summed E-state index contributed by atoms with van der Waals surface area (Å²) in [5, 5.41) is 7.82. The van der Waals surface area contributed by atoms with E-state index in [1.807, 2.05) is 4.68 Å². The highest BCUT2D eigenvalue weighted by molar-refractivity contribution is 7.80. The van der Waals surface area contributed by atoms with Crippen molar-refractivity contribution in [3.63, 3.8) is 0 Å². The van der Waals surface area contributed by atoms with Gasteiger partial charge in [-0.2, -0.15) is 4.98 Å². The van der Waals surface area contributed by atoms with Gasteiger partial charge in [-0.15, -0.1) is 5.10 Å². The third-order valence-corrected chi connectivity index (χ3v) is 5.43. The van der Waals surface area contributed by atoms with E-state index in [-0.39, 0.29) is 10.8 Å². The molecule has 1 saturated heterocycles. The van der Waals surface area contributed by atoms with Crippen LogP contribution in [0.3, 0.4) is 0 Å². The number of thiocarbonyl (C=S) groups is 1. The van der Waals surface area contributed by atoms with Crippen LogP contribution in [0.25, 0.3) is 0 Å². The van der Waals surface area contributed by atoms with Crippen LogP contribution in [0, 0.1) is 0 Å². The molecule has 1 aromatic heterocycles. The molecule has 3 aliphatic rings. The van der Waals surface area contributed by atoms with E-state index >= 15 is 0 Å². The van der Waals surface area contributed by atoms with Crippen LogP contribution in [0.2, 0.25) is 0 Å². The summed E-state index contributed by atoms with van der Waals surface area (Å²) in [5.41, 5.74) is 7.49. The Hall–Kier alpha value is -2.04. The molecule has 1 aromatic rings. The molecule has 1 atom stereocenters. The summed E-state index contributed by atoms with van der Waals surface area (Å²) >= 11 is 5.19. The number of morpholine rings is 1. The molecule has 9 nitrogen and oxygen atoms in total. The van der Waals surface area contributed by atoms with Crippen LogP contribution in [0.1, 0.15) is 19.8 Å². The quantitative estimate of drug-likeness (QED) is 0.678. The predicted molar refractivity (Wildman–Crippen MR) is 106 cm³/mol. The number of fused-ring (bicyclic) bond motifs is 1. The molecule has 0 aliphatic carbocycles. The number of hydrogen-bond donors (Lipinski definition) is 2. The molecule has 4 heterocycles. The van der Waals surface area contributed by atoms with E-state index in [2.05, 4.69) is 32.1 Å². The van der Waals surface area contributed by atoms with E-state index in [1.165, 1.54) is 0 Å². The maximum atomic E-state index is 13.1. The van der Waals surface area contributed by atoms with Crippen LogP contribution in [0.15, 0.2) is 11.3 Å². The first-order valence-electron chi connectivity index (χ1n) is 9.42. The van der Waals surface area contributed by atoms with Gasteiger partial charge in [-0.3, -0.25) is 9.69 Å². The number of nitrogens with zero attached hydrogens (tertiary/aromatic N) is 5. The lowest BCUT2D eigenvalue weighted by atomic mass is 9.96. The first kappa shape index (κ1) is 18.3. The van der Waals surface area contributed by atoms with Crippen molar-refractivity contribution >= 4 is 34.9 Å². The van der Waals surface area contributed by atoms with Crippen molar-refractivity contribution in [2.75, 3.05) is 49.6 Å². The minimum Gasteiger partial charge on any atom is -0.392 e. The number of nitrogens with two attached hydrogens (primary N) is 1. The number of anilines is 2. The highest BCUT2D eigenvalue weighted by Gasteiger charge is 2.39. The van der Waals surface area contributed by atoms with Crippen LogP contribution in [0.4, 0.5) is 11.9 Å². The van der Waals surface area contributed by atoms with Crippen molar-refractivity contribution in [3.8, 4) is 0 Å². The summed E-state index contributed by atoms with van der Waals surface area (Å²) in [4.78, 5) is 22.1. The zero-order valence-electron chi connectivity index (χ0n) is 15.5. The molecule has 0 radical (unpaired) electrons. The van der Waals surface area contributed by atoms with Gasteiger partial charge in [0, 0.05) is 19.6 Å². The average molecular weight is 392 g/mol.